The molecule has 3 aromatic rings. The first-order chi connectivity index (χ1) is 20.8. The summed E-state index contributed by atoms with van der Waals surface area (Å²) in [6, 6.07) is 12.5. The van der Waals surface area contributed by atoms with E-state index in [2.05, 4.69) is 59.8 Å². The van der Waals surface area contributed by atoms with Crippen molar-refractivity contribution in [2.24, 2.45) is 5.41 Å². The fourth-order valence-electron chi connectivity index (χ4n) is 6.44. The lowest BCUT2D eigenvalue weighted by Crippen LogP contribution is -2.39. The Bertz CT molecular complexity index is 1500. The summed E-state index contributed by atoms with van der Waals surface area (Å²) < 4.78 is 6.15. The number of piperidine rings is 1. The number of rotatable bonds is 8. The Labute approximate surface area is 266 Å². The van der Waals surface area contributed by atoms with Gasteiger partial charge in [-0.25, -0.2) is 4.79 Å². The van der Waals surface area contributed by atoms with Crippen LogP contribution >= 0.6 is 11.6 Å². The number of anilines is 1. The molecule has 2 N–H and O–H groups in total. The smallest absolute Gasteiger partial charge is 0.337 e. The van der Waals surface area contributed by atoms with E-state index in [-0.39, 0.29) is 12.0 Å². The van der Waals surface area contributed by atoms with Crippen molar-refractivity contribution in [3.8, 4) is 11.1 Å². The SMILES string of the molecule is Cc1cccc(Cl)c1CN1CCc2cc(-c3c(CO)ncc(C(OC(C)(C)C)C(=O)O)c3N3CCC(C)(C)CC3)ccc2C1. The summed E-state index contributed by atoms with van der Waals surface area (Å²) >= 11 is 6.55. The standard InChI is InChI=1S/C36H46ClN3O4/c1-23-8-7-9-29(37)28(23)21-39-15-12-24-18-25(10-11-26(24)20-39)31-30(22-41)38-19-27(33(34(42)43)44-35(2,3)4)32(31)40-16-13-36(5,6)14-17-40/h7-11,18-19,33,41H,12-17,20-22H2,1-6H3,(H,42,43). The quantitative estimate of drug-likeness (QED) is 0.273. The molecule has 3 heterocycles. The van der Waals surface area contributed by atoms with E-state index in [1.165, 1.54) is 22.3 Å². The molecule has 1 atom stereocenters. The Morgan fingerprint density at radius 3 is 2.48 bits per heavy atom. The maximum absolute atomic E-state index is 12.7. The molecule has 0 spiro atoms. The highest BCUT2D eigenvalue weighted by molar-refractivity contribution is 6.31. The average molecular weight is 620 g/mol. The number of aliphatic carboxylic acids is 1. The zero-order valence-electron chi connectivity index (χ0n) is 26.9. The molecule has 8 heteroatoms. The number of aliphatic hydroxyl groups excluding tert-OH is 1. The number of hydrogen-bond acceptors (Lipinski definition) is 6. The molecule has 7 nitrogen and oxygen atoms in total. The van der Waals surface area contributed by atoms with Gasteiger partial charge in [0, 0.05) is 55.1 Å². The minimum Gasteiger partial charge on any atom is -0.479 e. The molecule has 0 amide bonds. The lowest BCUT2D eigenvalue weighted by molar-refractivity contribution is -0.160. The van der Waals surface area contributed by atoms with E-state index in [9.17, 15) is 15.0 Å². The van der Waals surface area contributed by atoms with Crippen LogP contribution in [0.4, 0.5) is 5.69 Å². The number of carboxylic acid groups (broad SMARTS) is 1. The predicted molar refractivity (Wildman–Crippen MR) is 176 cm³/mol. The van der Waals surface area contributed by atoms with Gasteiger partial charge in [-0.15, -0.1) is 0 Å². The fraction of sp³-hybridized carbons (Fsp3) is 0.500. The first-order valence-corrected chi connectivity index (χ1v) is 16.0. The third kappa shape index (κ3) is 7.12. The molecule has 1 aromatic heterocycles. The highest BCUT2D eigenvalue weighted by atomic mass is 35.5. The van der Waals surface area contributed by atoms with Crippen LogP contribution in [-0.4, -0.2) is 51.3 Å². The van der Waals surface area contributed by atoms with E-state index >= 15 is 0 Å². The number of hydrogen-bond donors (Lipinski definition) is 2. The summed E-state index contributed by atoms with van der Waals surface area (Å²) in [4.78, 5) is 22.0. The number of nitrogens with zero attached hydrogens (tertiary/aromatic N) is 3. The highest BCUT2D eigenvalue weighted by Gasteiger charge is 2.35. The van der Waals surface area contributed by atoms with Crippen LogP contribution in [0, 0.1) is 12.3 Å². The number of aromatic nitrogens is 1. The number of pyridine rings is 1. The lowest BCUT2D eigenvalue weighted by Gasteiger charge is -2.41. The van der Waals surface area contributed by atoms with Crippen LogP contribution in [0.15, 0.2) is 42.6 Å². The number of benzene rings is 2. The third-order valence-electron chi connectivity index (χ3n) is 9.04. The highest BCUT2D eigenvalue weighted by Crippen LogP contribution is 2.44. The topological polar surface area (TPSA) is 86.1 Å². The molecule has 1 unspecified atom stereocenters. The zero-order chi connectivity index (χ0) is 31.8. The van der Waals surface area contributed by atoms with E-state index in [1.54, 1.807) is 6.20 Å². The Balaban J connectivity index is 1.57. The van der Waals surface area contributed by atoms with Gasteiger partial charge >= 0.3 is 5.97 Å². The number of aliphatic hydroxyl groups is 1. The molecule has 1 fully saturated rings. The van der Waals surface area contributed by atoms with E-state index in [0.29, 0.717) is 11.3 Å². The Morgan fingerprint density at radius 2 is 1.84 bits per heavy atom. The third-order valence-corrected chi connectivity index (χ3v) is 9.39. The van der Waals surface area contributed by atoms with Gasteiger partial charge in [-0.2, -0.15) is 0 Å². The van der Waals surface area contributed by atoms with E-state index in [1.807, 2.05) is 32.9 Å². The summed E-state index contributed by atoms with van der Waals surface area (Å²) in [5.41, 5.74) is 8.04. The number of aryl methyl sites for hydroxylation is 1. The zero-order valence-corrected chi connectivity index (χ0v) is 27.7. The number of carboxylic acids is 1. The lowest BCUT2D eigenvalue weighted by atomic mass is 9.82. The summed E-state index contributed by atoms with van der Waals surface area (Å²) in [5, 5.41) is 21.7. The number of halogens is 1. The van der Waals surface area contributed by atoms with Gasteiger partial charge in [-0.3, -0.25) is 9.88 Å². The van der Waals surface area contributed by atoms with Gasteiger partial charge in [-0.1, -0.05) is 55.8 Å². The van der Waals surface area contributed by atoms with Crippen molar-refractivity contribution in [1.82, 2.24) is 9.88 Å². The Hall–Kier alpha value is -2.97. The van der Waals surface area contributed by atoms with Crippen molar-refractivity contribution in [1.29, 1.82) is 0 Å². The largest absolute Gasteiger partial charge is 0.479 e. The van der Waals surface area contributed by atoms with Crippen molar-refractivity contribution in [2.75, 3.05) is 24.5 Å². The predicted octanol–water partition coefficient (Wildman–Crippen LogP) is 7.33. The molecule has 1 saturated heterocycles. The second kappa shape index (κ2) is 12.8. The molecular formula is C36H46ClN3O4. The molecule has 2 aliphatic rings. The van der Waals surface area contributed by atoms with Crippen molar-refractivity contribution in [2.45, 2.75) is 92.2 Å². The van der Waals surface area contributed by atoms with E-state index in [0.717, 1.165) is 73.8 Å². The summed E-state index contributed by atoms with van der Waals surface area (Å²) in [6.07, 6.45) is 3.24. The fourth-order valence-corrected chi connectivity index (χ4v) is 6.72. The summed E-state index contributed by atoms with van der Waals surface area (Å²) in [7, 11) is 0. The maximum Gasteiger partial charge on any atom is 0.337 e. The molecule has 2 aromatic carbocycles. The molecule has 44 heavy (non-hydrogen) atoms. The van der Waals surface area contributed by atoms with Crippen LogP contribution in [0.2, 0.25) is 5.02 Å². The second-order valence-electron chi connectivity index (χ2n) is 14.1. The summed E-state index contributed by atoms with van der Waals surface area (Å²) in [5.74, 6) is -1.05. The molecule has 2 aliphatic heterocycles. The Morgan fingerprint density at radius 1 is 1.11 bits per heavy atom. The van der Waals surface area contributed by atoms with Crippen molar-refractivity contribution < 1.29 is 19.7 Å². The van der Waals surface area contributed by atoms with E-state index in [4.69, 9.17) is 16.3 Å². The van der Waals surface area contributed by atoms with Gasteiger partial charge < -0.3 is 19.8 Å². The monoisotopic (exact) mass is 619 g/mol. The van der Waals surface area contributed by atoms with Crippen LogP contribution in [0.1, 0.15) is 87.1 Å². The van der Waals surface area contributed by atoms with Gasteiger partial charge in [0.15, 0.2) is 6.10 Å². The van der Waals surface area contributed by atoms with Crippen LogP contribution in [0.3, 0.4) is 0 Å². The number of fused-ring (bicyclic) bond motifs is 1. The van der Waals surface area contributed by atoms with Crippen LogP contribution in [0.5, 0.6) is 0 Å². The van der Waals surface area contributed by atoms with Crippen molar-refractivity contribution in [3.05, 3.63) is 81.1 Å². The minimum absolute atomic E-state index is 0.206. The second-order valence-corrected chi connectivity index (χ2v) is 14.5. The van der Waals surface area contributed by atoms with Crippen LogP contribution in [-0.2, 0) is 35.6 Å². The first-order valence-electron chi connectivity index (χ1n) is 15.6. The van der Waals surface area contributed by atoms with Gasteiger partial charge in [0.25, 0.3) is 0 Å². The molecular weight excluding hydrogens is 574 g/mol. The van der Waals surface area contributed by atoms with E-state index < -0.39 is 17.7 Å². The molecule has 0 bridgehead atoms. The van der Waals surface area contributed by atoms with Gasteiger partial charge in [-0.05, 0) is 86.3 Å². The van der Waals surface area contributed by atoms with Crippen LogP contribution in [0.25, 0.3) is 11.1 Å². The van der Waals surface area contributed by atoms with Gasteiger partial charge in [0.1, 0.15) is 0 Å². The molecule has 5 rings (SSSR count). The molecule has 236 valence electrons. The van der Waals surface area contributed by atoms with Crippen LogP contribution < -0.4 is 4.90 Å². The first kappa shape index (κ1) is 32.4. The number of carbonyl (C=O) groups is 1. The maximum atomic E-state index is 12.7. The average Bonchev–Trinajstić information content (AvgIpc) is 2.96. The number of ether oxygens (including phenoxy) is 1. The molecule has 0 radical (unpaired) electrons. The van der Waals surface area contributed by atoms with Gasteiger partial charge in [0.05, 0.1) is 23.6 Å². The van der Waals surface area contributed by atoms with Gasteiger partial charge in [0.2, 0.25) is 0 Å². The normalized spacial score (nSPS) is 17.8. The minimum atomic E-state index is -1.20. The van der Waals surface area contributed by atoms with Crippen molar-refractivity contribution >= 4 is 23.3 Å². The molecule has 0 aliphatic carbocycles. The Kier molecular flexibility index (Phi) is 9.43. The molecule has 0 saturated carbocycles. The van der Waals surface area contributed by atoms with Crippen molar-refractivity contribution in [3.63, 3.8) is 0 Å². The summed E-state index contributed by atoms with van der Waals surface area (Å²) in [6.45, 7) is 16.1.